The van der Waals surface area contributed by atoms with Crippen LogP contribution < -0.4 is 5.32 Å². The number of alkyl halides is 1. The van der Waals surface area contributed by atoms with Gasteiger partial charge in [-0.2, -0.15) is 0 Å². The molecule has 0 aromatic carbocycles. The van der Waals surface area contributed by atoms with Crippen molar-refractivity contribution in [2.45, 2.75) is 116 Å². The predicted molar refractivity (Wildman–Crippen MR) is 108 cm³/mol. The van der Waals surface area contributed by atoms with Crippen molar-refractivity contribution >= 4 is 17.5 Å². The van der Waals surface area contributed by atoms with Crippen molar-refractivity contribution in [3.8, 4) is 0 Å². The molecule has 0 aromatic heterocycles. The lowest BCUT2D eigenvalue weighted by molar-refractivity contribution is -0.120. The van der Waals surface area contributed by atoms with Crippen LogP contribution in [0.25, 0.3) is 0 Å². The van der Waals surface area contributed by atoms with Crippen LogP contribution in [-0.4, -0.2) is 18.3 Å². The Labute approximate surface area is 156 Å². The Bertz CT molecular complexity index is 258. The molecule has 3 heteroatoms. The van der Waals surface area contributed by atoms with Crippen molar-refractivity contribution in [2.75, 3.05) is 12.4 Å². The van der Waals surface area contributed by atoms with E-state index in [-0.39, 0.29) is 5.91 Å². The van der Waals surface area contributed by atoms with Crippen LogP contribution in [0.5, 0.6) is 0 Å². The number of rotatable bonds is 19. The van der Waals surface area contributed by atoms with Gasteiger partial charge in [0.25, 0.3) is 0 Å². The van der Waals surface area contributed by atoms with Gasteiger partial charge in [0.2, 0.25) is 5.91 Å². The van der Waals surface area contributed by atoms with E-state index in [1.54, 1.807) is 0 Å². The molecule has 1 amide bonds. The Balaban J connectivity index is 3.01. The van der Waals surface area contributed by atoms with Crippen LogP contribution in [0.2, 0.25) is 0 Å². The SMILES string of the molecule is CCCCCCCCCCCCCCCCCCNC(=O)CCCl. The van der Waals surface area contributed by atoms with Crippen LogP contribution in [0.1, 0.15) is 116 Å². The molecule has 0 aromatic rings. The Morgan fingerprint density at radius 3 is 1.42 bits per heavy atom. The van der Waals surface area contributed by atoms with Crippen LogP contribution in [0, 0.1) is 0 Å². The third-order valence-corrected chi connectivity index (χ3v) is 4.86. The fourth-order valence-electron chi connectivity index (χ4n) is 3.08. The summed E-state index contributed by atoms with van der Waals surface area (Å²) >= 11 is 5.52. The highest BCUT2D eigenvalue weighted by atomic mass is 35.5. The van der Waals surface area contributed by atoms with E-state index in [9.17, 15) is 4.79 Å². The number of nitrogens with one attached hydrogen (secondary N) is 1. The largest absolute Gasteiger partial charge is 0.356 e. The molecule has 0 spiro atoms. The van der Waals surface area contributed by atoms with Crippen LogP contribution in [0.3, 0.4) is 0 Å². The van der Waals surface area contributed by atoms with Gasteiger partial charge in [-0.15, -0.1) is 11.6 Å². The van der Waals surface area contributed by atoms with Crippen molar-refractivity contribution in [2.24, 2.45) is 0 Å². The molecule has 0 bridgehead atoms. The number of halogens is 1. The van der Waals surface area contributed by atoms with Gasteiger partial charge >= 0.3 is 0 Å². The number of hydrogen-bond donors (Lipinski definition) is 1. The van der Waals surface area contributed by atoms with Gasteiger partial charge in [-0.3, -0.25) is 4.79 Å². The number of hydrogen-bond acceptors (Lipinski definition) is 1. The van der Waals surface area contributed by atoms with E-state index >= 15 is 0 Å². The molecule has 2 nitrogen and oxygen atoms in total. The highest BCUT2D eigenvalue weighted by Gasteiger charge is 1.98. The van der Waals surface area contributed by atoms with E-state index in [1.807, 2.05) is 0 Å². The minimum absolute atomic E-state index is 0.0889. The van der Waals surface area contributed by atoms with Gasteiger partial charge in [-0.1, -0.05) is 103 Å². The van der Waals surface area contributed by atoms with Crippen LogP contribution in [0.4, 0.5) is 0 Å². The summed E-state index contributed by atoms with van der Waals surface area (Å²) in [6.45, 7) is 3.10. The maximum atomic E-state index is 11.2. The summed E-state index contributed by atoms with van der Waals surface area (Å²) in [5.41, 5.74) is 0. The van der Waals surface area contributed by atoms with Crippen LogP contribution in [0.15, 0.2) is 0 Å². The van der Waals surface area contributed by atoms with Crippen LogP contribution in [-0.2, 0) is 4.79 Å². The highest BCUT2D eigenvalue weighted by Crippen LogP contribution is 2.13. The molecule has 0 saturated heterocycles. The molecule has 0 aliphatic heterocycles. The maximum absolute atomic E-state index is 11.2. The molecule has 0 aliphatic rings. The third kappa shape index (κ3) is 19.8. The van der Waals surface area contributed by atoms with E-state index in [0.29, 0.717) is 12.3 Å². The maximum Gasteiger partial charge on any atom is 0.221 e. The zero-order valence-corrected chi connectivity index (χ0v) is 17.0. The molecule has 0 saturated carbocycles. The first kappa shape index (κ1) is 23.8. The summed E-state index contributed by atoms with van der Waals surface area (Å²) in [7, 11) is 0. The first-order chi connectivity index (χ1) is 11.8. The smallest absolute Gasteiger partial charge is 0.221 e. The van der Waals surface area contributed by atoms with Gasteiger partial charge < -0.3 is 5.32 Å². The molecule has 24 heavy (non-hydrogen) atoms. The normalized spacial score (nSPS) is 10.9. The lowest BCUT2D eigenvalue weighted by atomic mass is 10.0. The van der Waals surface area contributed by atoms with Gasteiger partial charge in [-0.25, -0.2) is 0 Å². The van der Waals surface area contributed by atoms with Gasteiger partial charge in [0, 0.05) is 18.8 Å². The Morgan fingerprint density at radius 2 is 1.04 bits per heavy atom. The van der Waals surface area contributed by atoms with Gasteiger partial charge in [0.15, 0.2) is 0 Å². The summed E-state index contributed by atoms with van der Waals surface area (Å²) in [6, 6.07) is 0. The molecule has 0 aliphatic carbocycles. The van der Waals surface area contributed by atoms with Crippen molar-refractivity contribution in [1.82, 2.24) is 5.32 Å². The zero-order valence-electron chi connectivity index (χ0n) is 16.2. The summed E-state index contributed by atoms with van der Waals surface area (Å²) in [4.78, 5) is 11.2. The average Bonchev–Trinajstić information content (AvgIpc) is 2.58. The molecule has 0 radical (unpaired) electrons. The molecular weight excluding hydrogens is 318 g/mol. The monoisotopic (exact) mass is 359 g/mol. The van der Waals surface area contributed by atoms with Gasteiger partial charge in [-0.05, 0) is 6.42 Å². The molecule has 0 atom stereocenters. The molecular formula is C21H42ClNO. The fourth-order valence-corrected chi connectivity index (χ4v) is 3.25. The number of carbonyl (C=O) groups excluding carboxylic acids is 1. The average molecular weight is 360 g/mol. The molecule has 0 heterocycles. The third-order valence-electron chi connectivity index (χ3n) is 4.67. The Hall–Kier alpha value is -0.240. The zero-order chi connectivity index (χ0) is 17.7. The van der Waals surface area contributed by atoms with Crippen molar-refractivity contribution in [3.63, 3.8) is 0 Å². The standard InChI is InChI=1S/C21H42ClNO/c1-2-3-4-5-6-7-8-9-10-11-12-13-14-15-16-17-20-23-21(24)18-19-22/h2-20H2,1H3,(H,23,24). The number of carbonyl (C=O) groups is 1. The Morgan fingerprint density at radius 1 is 0.667 bits per heavy atom. The second-order valence-corrected chi connectivity index (χ2v) is 7.47. The first-order valence-electron chi connectivity index (χ1n) is 10.6. The van der Waals surface area contributed by atoms with E-state index in [4.69, 9.17) is 11.6 Å². The minimum Gasteiger partial charge on any atom is -0.356 e. The summed E-state index contributed by atoms with van der Waals surface area (Å²) in [6.07, 6.45) is 22.5. The summed E-state index contributed by atoms with van der Waals surface area (Å²) in [5, 5.41) is 2.91. The summed E-state index contributed by atoms with van der Waals surface area (Å²) < 4.78 is 0. The Kier molecular flexibility index (Phi) is 20.6. The van der Waals surface area contributed by atoms with E-state index in [1.165, 1.54) is 96.3 Å². The predicted octanol–water partition coefficient (Wildman–Crippen LogP) is 6.99. The first-order valence-corrected chi connectivity index (χ1v) is 11.2. The molecule has 0 unspecified atom stereocenters. The van der Waals surface area contributed by atoms with E-state index in [0.717, 1.165) is 13.0 Å². The number of unbranched alkanes of at least 4 members (excludes halogenated alkanes) is 15. The molecule has 144 valence electrons. The fraction of sp³-hybridized carbons (Fsp3) is 0.952. The lowest BCUT2D eigenvalue weighted by Gasteiger charge is -2.05. The molecule has 1 N–H and O–H groups in total. The summed E-state index contributed by atoms with van der Waals surface area (Å²) in [5.74, 6) is 0.510. The second kappa shape index (κ2) is 20.8. The quantitative estimate of drug-likeness (QED) is 0.195. The highest BCUT2D eigenvalue weighted by molar-refractivity contribution is 6.18. The van der Waals surface area contributed by atoms with Crippen molar-refractivity contribution in [1.29, 1.82) is 0 Å². The van der Waals surface area contributed by atoms with Gasteiger partial charge in [0.1, 0.15) is 0 Å². The van der Waals surface area contributed by atoms with E-state index < -0.39 is 0 Å². The van der Waals surface area contributed by atoms with Gasteiger partial charge in [0.05, 0.1) is 0 Å². The minimum atomic E-state index is 0.0889. The van der Waals surface area contributed by atoms with Crippen molar-refractivity contribution in [3.05, 3.63) is 0 Å². The number of amides is 1. The molecule has 0 fully saturated rings. The lowest BCUT2D eigenvalue weighted by Crippen LogP contribution is -2.24. The second-order valence-electron chi connectivity index (χ2n) is 7.09. The molecule has 0 rings (SSSR count). The topological polar surface area (TPSA) is 29.1 Å². The van der Waals surface area contributed by atoms with Crippen LogP contribution >= 0.6 is 11.6 Å². The van der Waals surface area contributed by atoms with E-state index in [2.05, 4.69) is 12.2 Å². The van der Waals surface area contributed by atoms with Crippen molar-refractivity contribution < 1.29 is 4.79 Å².